The van der Waals surface area contributed by atoms with Crippen LogP contribution in [0.2, 0.25) is 0 Å². The van der Waals surface area contributed by atoms with Gasteiger partial charge in [0.1, 0.15) is 17.4 Å². The maximum absolute atomic E-state index is 4.67. The van der Waals surface area contributed by atoms with E-state index in [9.17, 15) is 0 Å². The zero-order chi connectivity index (χ0) is 17.6. The highest BCUT2D eigenvalue weighted by molar-refractivity contribution is 7.09. The van der Waals surface area contributed by atoms with Crippen molar-refractivity contribution < 1.29 is 0 Å². The van der Waals surface area contributed by atoms with Gasteiger partial charge in [0.25, 0.3) is 0 Å². The Kier molecular flexibility index (Phi) is 6.01. The summed E-state index contributed by atoms with van der Waals surface area (Å²) in [7, 11) is 0. The van der Waals surface area contributed by atoms with Crippen molar-refractivity contribution in [2.24, 2.45) is 4.99 Å². The Labute approximate surface area is 153 Å². The summed E-state index contributed by atoms with van der Waals surface area (Å²) in [6, 6.07) is 0. The second-order valence-electron chi connectivity index (χ2n) is 6.51. The molecule has 0 unspecified atom stereocenters. The Morgan fingerprint density at radius 1 is 1.32 bits per heavy atom. The van der Waals surface area contributed by atoms with Crippen molar-refractivity contribution in [3.63, 3.8) is 0 Å². The van der Waals surface area contributed by atoms with Crippen LogP contribution in [0.4, 0.5) is 0 Å². The molecule has 0 saturated carbocycles. The number of nitrogens with one attached hydrogen (secondary N) is 2. The van der Waals surface area contributed by atoms with Crippen LogP contribution < -0.4 is 10.6 Å². The molecule has 0 bridgehead atoms. The molecule has 2 N–H and O–H groups in total. The minimum absolute atomic E-state index is 0.464. The predicted molar refractivity (Wildman–Crippen MR) is 101 cm³/mol. The molecule has 1 aliphatic heterocycles. The molecular weight excluding hydrogens is 334 g/mol. The molecule has 0 amide bonds. The Morgan fingerprint density at radius 2 is 2.20 bits per heavy atom. The van der Waals surface area contributed by atoms with Gasteiger partial charge < -0.3 is 15.2 Å². The number of guanidine groups is 1. The Morgan fingerprint density at radius 3 is 2.96 bits per heavy atom. The van der Waals surface area contributed by atoms with Crippen LogP contribution in [-0.4, -0.2) is 32.3 Å². The number of aliphatic imine (C=N–C) groups is 1. The van der Waals surface area contributed by atoms with Gasteiger partial charge in [-0.1, -0.05) is 13.8 Å². The molecule has 0 aliphatic carbocycles. The van der Waals surface area contributed by atoms with E-state index in [1.54, 1.807) is 11.3 Å². The number of hydrogen-bond acceptors (Lipinski definition) is 5. The zero-order valence-corrected chi connectivity index (χ0v) is 16.1. The van der Waals surface area contributed by atoms with Crippen LogP contribution in [0.15, 0.2) is 10.4 Å². The van der Waals surface area contributed by atoms with Gasteiger partial charge in [-0.05, 0) is 25.7 Å². The monoisotopic (exact) mass is 361 g/mol. The average molecular weight is 362 g/mol. The number of rotatable bonds is 6. The van der Waals surface area contributed by atoms with Crippen LogP contribution in [-0.2, 0) is 26.1 Å². The van der Waals surface area contributed by atoms with E-state index in [0.717, 1.165) is 47.8 Å². The highest BCUT2D eigenvalue weighted by Crippen LogP contribution is 2.17. The molecule has 0 aromatic carbocycles. The van der Waals surface area contributed by atoms with E-state index in [-0.39, 0.29) is 0 Å². The molecule has 25 heavy (non-hydrogen) atoms. The van der Waals surface area contributed by atoms with Crippen molar-refractivity contribution in [1.82, 2.24) is 30.4 Å². The summed E-state index contributed by atoms with van der Waals surface area (Å²) in [5, 5.41) is 18.5. The number of nitrogens with zero attached hydrogens (tertiary/aromatic N) is 5. The van der Waals surface area contributed by atoms with Gasteiger partial charge >= 0.3 is 0 Å². The number of fused-ring (bicyclic) bond motifs is 1. The van der Waals surface area contributed by atoms with E-state index >= 15 is 0 Å². The van der Waals surface area contributed by atoms with Crippen molar-refractivity contribution in [2.45, 2.75) is 65.6 Å². The number of aromatic nitrogens is 4. The van der Waals surface area contributed by atoms with E-state index in [0.29, 0.717) is 19.0 Å². The second-order valence-corrected chi connectivity index (χ2v) is 7.45. The third kappa shape index (κ3) is 4.56. The van der Waals surface area contributed by atoms with Crippen molar-refractivity contribution >= 4 is 17.3 Å². The third-order valence-corrected chi connectivity index (χ3v) is 5.09. The largest absolute Gasteiger partial charge is 0.357 e. The molecule has 2 aromatic heterocycles. The van der Waals surface area contributed by atoms with Gasteiger partial charge in [0.05, 0.1) is 12.2 Å². The van der Waals surface area contributed by atoms with Gasteiger partial charge in [-0.2, -0.15) is 0 Å². The van der Waals surface area contributed by atoms with E-state index in [4.69, 9.17) is 0 Å². The summed E-state index contributed by atoms with van der Waals surface area (Å²) in [6.07, 6.45) is 3.43. The molecule has 3 heterocycles. The van der Waals surface area contributed by atoms with Crippen molar-refractivity contribution in [2.75, 3.05) is 6.54 Å². The molecule has 0 radical (unpaired) electrons. The molecule has 0 spiro atoms. The minimum atomic E-state index is 0.464. The Hall–Kier alpha value is -1.96. The normalized spacial score (nSPS) is 14.6. The lowest BCUT2D eigenvalue weighted by Gasteiger charge is -2.14. The topological polar surface area (TPSA) is 80.0 Å². The molecule has 0 fully saturated rings. The first kappa shape index (κ1) is 17.8. The zero-order valence-electron chi connectivity index (χ0n) is 15.2. The Bertz CT molecular complexity index is 716. The highest BCUT2D eigenvalue weighted by atomic mass is 32.1. The summed E-state index contributed by atoms with van der Waals surface area (Å²) in [6.45, 7) is 9.44. The van der Waals surface area contributed by atoms with Crippen molar-refractivity contribution in [1.29, 1.82) is 0 Å². The lowest BCUT2D eigenvalue weighted by molar-refractivity contribution is 0.508. The van der Waals surface area contributed by atoms with Gasteiger partial charge in [0.15, 0.2) is 11.8 Å². The smallest absolute Gasteiger partial charge is 0.192 e. The first-order chi connectivity index (χ1) is 12.2. The average Bonchev–Trinajstić information content (AvgIpc) is 3.24. The van der Waals surface area contributed by atoms with E-state index in [2.05, 4.69) is 61.5 Å². The van der Waals surface area contributed by atoms with E-state index in [1.165, 1.54) is 12.8 Å². The van der Waals surface area contributed by atoms with Crippen LogP contribution in [0.25, 0.3) is 0 Å². The summed E-state index contributed by atoms with van der Waals surface area (Å²) in [4.78, 5) is 9.33. The van der Waals surface area contributed by atoms with Crippen LogP contribution in [0, 0.1) is 0 Å². The van der Waals surface area contributed by atoms with Gasteiger partial charge in [-0.3, -0.25) is 0 Å². The fourth-order valence-corrected chi connectivity index (χ4v) is 3.70. The molecule has 0 saturated heterocycles. The molecule has 8 heteroatoms. The lowest BCUT2D eigenvalue weighted by Crippen LogP contribution is -2.36. The molecule has 2 aromatic rings. The first-order valence-electron chi connectivity index (χ1n) is 9.04. The summed E-state index contributed by atoms with van der Waals surface area (Å²) >= 11 is 1.69. The molecular formula is C17H27N7S. The molecule has 0 atom stereocenters. The van der Waals surface area contributed by atoms with E-state index in [1.807, 2.05) is 0 Å². The van der Waals surface area contributed by atoms with Gasteiger partial charge in [-0.15, -0.1) is 21.5 Å². The second kappa shape index (κ2) is 8.42. The fourth-order valence-electron chi connectivity index (χ4n) is 2.81. The summed E-state index contributed by atoms with van der Waals surface area (Å²) in [5.74, 6) is 3.30. The maximum Gasteiger partial charge on any atom is 0.192 e. The number of hydrogen-bond donors (Lipinski definition) is 2. The van der Waals surface area contributed by atoms with Crippen LogP contribution in [0.1, 0.15) is 61.9 Å². The minimum Gasteiger partial charge on any atom is -0.357 e. The Balaban J connectivity index is 1.61. The molecule has 7 nitrogen and oxygen atoms in total. The SMILES string of the molecule is CCNC(=NCc1nnc2n1CCCC2)NCc1nc(C(C)C)cs1. The van der Waals surface area contributed by atoms with Crippen LogP contribution in [0.5, 0.6) is 0 Å². The third-order valence-electron chi connectivity index (χ3n) is 4.23. The number of thiazole rings is 1. The van der Waals surface area contributed by atoms with Crippen molar-refractivity contribution in [3.05, 3.63) is 27.7 Å². The first-order valence-corrected chi connectivity index (χ1v) is 9.92. The molecule has 136 valence electrons. The van der Waals surface area contributed by atoms with Crippen molar-refractivity contribution in [3.8, 4) is 0 Å². The maximum atomic E-state index is 4.67. The van der Waals surface area contributed by atoms with E-state index < -0.39 is 0 Å². The lowest BCUT2D eigenvalue weighted by atomic mass is 10.2. The fraction of sp³-hybridized carbons (Fsp3) is 0.647. The highest BCUT2D eigenvalue weighted by Gasteiger charge is 2.15. The van der Waals surface area contributed by atoms with Gasteiger partial charge in [-0.25, -0.2) is 9.98 Å². The molecule has 1 aliphatic rings. The van der Waals surface area contributed by atoms with Crippen LogP contribution in [0.3, 0.4) is 0 Å². The quantitative estimate of drug-likeness (QED) is 0.610. The molecule has 3 rings (SSSR count). The predicted octanol–water partition coefficient (Wildman–Crippen LogP) is 2.45. The summed E-state index contributed by atoms with van der Waals surface area (Å²) < 4.78 is 2.21. The van der Waals surface area contributed by atoms with Crippen LogP contribution >= 0.6 is 11.3 Å². The summed E-state index contributed by atoms with van der Waals surface area (Å²) in [5.41, 5.74) is 1.15. The van der Waals surface area contributed by atoms with Gasteiger partial charge in [0, 0.05) is 24.9 Å². The van der Waals surface area contributed by atoms with Gasteiger partial charge in [0.2, 0.25) is 0 Å². The number of aryl methyl sites for hydroxylation is 1. The standard InChI is InChI=1S/C17H27N7S/c1-4-18-17(20-10-16-21-13(11-25-16)12(2)3)19-9-15-23-22-14-7-5-6-8-24(14)15/h11-12H,4-10H2,1-3H3,(H2,18,19,20).